The van der Waals surface area contributed by atoms with Crippen LogP contribution in [0.4, 0.5) is 0 Å². The van der Waals surface area contributed by atoms with Gasteiger partial charge >= 0.3 is 0 Å². The molecule has 31 heavy (non-hydrogen) atoms. The molecule has 1 N–H and O–H groups in total. The smallest absolute Gasteiger partial charge is 0.242 e. The molecule has 0 aliphatic heterocycles. The van der Waals surface area contributed by atoms with E-state index in [2.05, 4.69) is 5.32 Å². The monoisotopic (exact) mass is 480 g/mol. The van der Waals surface area contributed by atoms with Crippen LogP contribution in [0.3, 0.4) is 0 Å². The number of nitrogens with one attached hydrogen (secondary N) is 1. The minimum atomic E-state index is -0.577. The summed E-state index contributed by atoms with van der Waals surface area (Å²) in [6, 6.07) is 12.9. The van der Waals surface area contributed by atoms with Crippen LogP contribution in [0, 0.1) is 6.92 Å². The number of benzene rings is 2. The number of aryl methyl sites for hydroxylation is 1. The highest BCUT2D eigenvalue weighted by Gasteiger charge is 2.26. The molecule has 0 saturated carbocycles. The third-order valence-electron chi connectivity index (χ3n) is 5.18. The second-order valence-electron chi connectivity index (χ2n) is 7.69. The Bertz CT molecular complexity index is 869. The highest BCUT2D eigenvalue weighted by atomic mass is 35.5. The number of carbonyl (C=O) groups excluding carboxylic acids is 2. The summed E-state index contributed by atoms with van der Waals surface area (Å²) in [5.74, 6) is 0.513. The van der Waals surface area contributed by atoms with Gasteiger partial charge in [-0.2, -0.15) is 0 Å². The van der Waals surface area contributed by atoms with Crippen LogP contribution in [-0.4, -0.2) is 34.6 Å². The van der Waals surface area contributed by atoms with Crippen molar-refractivity contribution < 1.29 is 9.59 Å². The van der Waals surface area contributed by atoms with Crippen LogP contribution in [0.25, 0.3) is 0 Å². The van der Waals surface area contributed by atoms with Crippen LogP contribution >= 0.6 is 35.0 Å². The van der Waals surface area contributed by atoms with Gasteiger partial charge in [-0.15, -0.1) is 11.8 Å². The Labute approximate surface area is 199 Å². The summed E-state index contributed by atoms with van der Waals surface area (Å²) in [6.07, 6.45) is 0.832. The number of amides is 2. The topological polar surface area (TPSA) is 49.4 Å². The van der Waals surface area contributed by atoms with E-state index >= 15 is 0 Å². The van der Waals surface area contributed by atoms with Crippen LogP contribution in [0.15, 0.2) is 42.5 Å². The van der Waals surface area contributed by atoms with E-state index in [1.54, 1.807) is 30.0 Å². The van der Waals surface area contributed by atoms with Gasteiger partial charge in [-0.3, -0.25) is 9.59 Å². The number of hydrogen-bond acceptors (Lipinski definition) is 3. The maximum atomic E-state index is 13.1. The summed E-state index contributed by atoms with van der Waals surface area (Å²) in [4.78, 5) is 27.5. The molecule has 2 unspecified atom stereocenters. The quantitative estimate of drug-likeness (QED) is 0.462. The maximum Gasteiger partial charge on any atom is 0.242 e. The van der Waals surface area contributed by atoms with E-state index in [1.807, 2.05) is 45.0 Å². The van der Waals surface area contributed by atoms with Gasteiger partial charge in [0.1, 0.15) is 6.04 Å². The van der Waals surface area contributed by atoms with E-state index in [0.717, 1.165) is 23.1 Å². The van der Waals surface area contributed by atoms with Gasteiger partial charge in [0, 0.05) is 28.4 Å². The number of hydrogen-bond donors (Lipinski definition) is 1. The van der Waals surface area contributed by atoms with Gasteiger partial charge in [0.15, 0.2) is 0 Å². The zero-order chi connectivity index (χ0) is 23.0. The molecule has 4 nitrogen and oxygen atoms in total. The molecule has 2 aromatic carbocycles. The molecule has 168 valence electrons. The first kappa shape index (κ1) is 25.6. The lowest BCUT2D eigenvalue weighted by molar-refractivity contribution is -0.138. The molecule has 0 heterocycles. The highest BCUT2D eigenvalue weighted by Crippen LogP contribution is 2.28. The second-order valence-corrected chi connectivity index (χ2v) is 9.49. The molecule has 0 saturated heterocycles. The highest BCUT2D eigenvalue weighted by molar-refractivity contribution is 7.99. The molecule has 0 aliphatic carbocycles. The molecule has 0 bridgehead atoms. The largest absolute Gasteiger partial charge is 0.352 e. The lowest BCUT2D eigenvalue weighted by atomic mass is 10.1. The summed E-state index contributed by atoms with van der Waals surface area (Å²) in [6.45, 7) is 8.15. The normalized spacial score (nSPS) is 12.8. The Morgan fingerprint density at radius 1 is 1.06 bits per heavy atom. The summed E-state index contributed by atoms with van der Waals surface area (Å²) in [5, 5.41) is 4.16. The number of thioether (sulfide) groups is 1. The van der Waals surface area contributed by atoms with E-state index in [1.165, 1.54) is 11.8 Å². The van der Waals surface area contributed by atoms with E-state index in [9.17, 15) is 9.59 Å². The van der Waals surface area contributed by atoms with E-state index in [-0.39, 0.29) is 23.6 Å². The molecule has 0 fully saturated rings. The van der Waals surface area contributed by atoms with Gasteiger partial charge in [-0.1, -0.05) is 66.0 Å². The van der Waals surface area contributed by atoms with Gasteiger partial charge in [0.2, 0.25) is 11.8 Å². The van der Waals surface area contributed by atoms with Crippen molar-refractivity contribution in [1.82, 2.24) is 10.2 Å². The number of rotatable bonds is 10. The van der Waals surface area contributed by atoms with Gasteiger partial charge in [-0.25, -0.2) is 0 Å². The lowest BCUT2D eigenvalue weighted by Crippen LogP contribution is -2.50. The average molecular weight is 481 g/mol. The van der Waals surface area contributed by atoms with Crippen LogP contribution in [0.1, 0.15) is 43.9 Å². The summed E-state index contributed by atoms with van der Waals surface area (Å²) < 4.78 is 0. The van der Waals surface area contributed by atoms with E-state index < -0.39 is 6.04 Å². The molecule has 2 aromatic rings. The summed E-state index contributed by atoms with van der Waals surface area (Å²) >= 11 is 13.9. The minimum Gasteiger partial charge on any atom is -0.352 e. The molecule has 0 radical (unpaired) electrons. The van der Waals surface area contributed by atoms with Crippen molar-refractivity contribution in [2.45, 2.75) is 58.5 Å². The molecule has 0 spiro atoms. The molecule has 7 heteroatoms. The van der Waals surface area contributed by atoms with Crippen molar-refractivity contribution in [1.29, 1.82) is 0 Å². The Balaban J connectivity index is 2.11. The van der Waals surface area contributed by atoms with Crippen molar-refractivity contribution >= 4 is 46.8 Å². The maximum absolute atomic E-state index is 13.1. The van der Waals surface area contributed by atoms with Crippen molar-refractivity contribution in [3.63, 3.8) is 0 Å². The number of halogens is 2. The van der Waals surface area contributed by atoms with Crippen LogP contribution in [0.5, 0.6) is 0 Å². The molecule has 2 atom stereocenters. The predicted molar refractivity (Wildman–Crippen MR) is 132 cm³/mol. The first-order chi connectivity index (χ1) is 14.7. The number of carbonyl (C=O) groups is 2. The molecular formula is C24H30Cl2N2O2S. The Morgan fingerprint density at radius 3 is 2.26 bits per heavy atom. The minimum absolute atomic E-state index is 0.0583. The molecule has 0 aliphatic rings. The van der Waals surface area contributed by atoms with E-state index in [0.29, 0.717) is 22.3 Å². The first-order valence-electron chi connectivity index (χ1n) is 10.4. The molecule has 2 amide bonds. The fourth-order valence-electron chi connectivity index (χ4n) is 2.93. The van der Waals surface area contributed by atoms with E-state index in [4.69, 9.17) is 23.2 Å². The lowest BCUT2D eigenvalue weighted by Gasteiger charge is -2.29. The van der Waals surface area contributed by atoms with Crippen LogP contribution in [-0.2, 0) is 21.9 Å². The zero-order valence-corrected chi connectivity index (χ0v) is 20.8. The van der Waals surface area contributed by atoms with Crippen molar-refractivity contribution in [3.8, 4) is 0 Å². The third-order valence-corrected chi connectivity index (χ3v) is 6.83. The molecule has 2 rings (SSSR count). The van der Waals surface area contributed by atoms with Gasteiger partial charge in [0.25, 0.3) is 0 Å². The zero-order valence-electron chi connectivity index (χ0n) is 18.5. The Hall–Kier alpha value is -1.69. The van der Waals surface area contributed by atoms with Crippen molar-refractivity contribution in [3.05, 3.63) is 69.2 Å². The van der Waals surface area contributed by atoms with Crippen molar-refractivity contribution in [2.75, 3.05) is 5.75 Å². The summed E-state index contributed by atoms with van der Waals surface area (Å²) in [5.41, 5.74) is 2.95. The first-order valence-corrected chi connectivity index (χ1v) is 12.3. The second kappa shape index (κ2) is 12.4. The third kappa shape index (κ3) is 7.74. The van der Waals surface area contributed by atoms with Gasteiger partial charge in [0.05, 0.1) is 5.75 Å². The molecular weight excluding hydrogens is 451 g/mol. The fraction of sp³-hybridized carbons (Fsp3) is 0.417. The number of nitrogens with zero attached hydrogens (tertiary/aromatic N) is 1. The van der Waals surface area contributed by atoms with Gasteiger partial charge in [-0.05, 0) is 50.5 Å². The van der Waals surface area contributed by atoms with Crippen molar-refractivity contribution in [2.24, 2.45) is 0 Å². The Kier molecular flexibility index (Phi) is 10.2. The Morgan fingerprint density at radius 2 is 1.68 bits per heavy atom. The average Bonchev–Trinajstić information content (AvgIpc) is 2.74. The standard InChI is InChI=1S/C24H30Cl2N2O2S/c1-5-17(3)27-24(30)18(4)28(13-19-11-9-16(2)10-12-19)23(29)15-31-14-20-21(25)7-6-8-22(20)26/h6-12,17-18H,5,13-15H2,1-4H3,(H,27,30). The SMILES string of the molecule is CCC(C)NC(=O)C(C)N(Cc1ccc(C)cc1)C(=O)CSCc1c(Cl)cccc1Cl. The molecule has 0 aromatic heterocycles. The van der Waals surface area contributed by atoms with Crippen LogP contribution in [0.2, 0.25) is 10.0 Å². The fourth-order valence-corrected chi connectivity index (χ4v) is 4.58. The van der Waals surface area contributed by atoms with Gasteiger partial charge < -0.3 is 10.2 Å². The van der Waals surface area contributed by atoms with Crippen LogP contribution < -0.4 is 5.32 Å². The predicted octanol–water partition coefficient (Wildman–Crippen LogP) is 5.87. The summed E-state index contributed by atoms with van der Waals surface area (Å²) in [7, 11) is 0.